The second-order valence-electron chi connectivity index (χ2n) is 6.20. The number of rotatable bonds is 7. The summed E-state index contributed by atoms with van der Waals surface area (Å²) in [4.78, 5) is 0.752. The Morgan fingerprint density at radius 1 is 0.741 bits per heavy atom. The summed E-state index contributed by atoms with van der Waals surface area (Å²) in [5, 5.41) is 0. The molecule has 0 saturated heterocycles. The lowest BCUT2D eigenvalue weighted by Crippen LogP contribution is -2.06. The Hall–Kier alpha value is -2.91. The van der Waals surface area contributed by atoms with Crippen LogP contribution >= 0.6 is 0 Å². The predicted molar refractivity (Wildman–Crippen MR) is 112 cm³/mol. The highest BCUT2D eigenvalue weighted by atomic mass is 32.2. The van der Waals surface area contributed by atoms with Crippen LogP contribution in [0.15, 0.2) is 113 Å². The predicted octanol–water partition coefficient (Wildman–Crippen LogP) is 5.69. The Morgan fingerprint density at radius 2 is 1.30 bits per heavy atom. The molecular formula is C24H22O2S. The average molecular weight is 375 g/mol. The molecule has 0 heterocycles. The van der Waals surface area contributed by atoms with Gasteiger partial charge in [0.05, 0.1) is 4.90 Å². The zero-order chi connectivity index (χ0) is 19.0. The van der Waals surface area contributed by atoms with Crippen molar-refractivity contribution in [2.75, 3.05) is 0 Å². The van der Waals surface area contributed by atoms with Gasteiger partial charge in [-0.25, -0.2) is 8.42 Å². The van der Waals surface area contributed by atoms with E-state index < -0.39 is 9.84 Å². The molecule has 0 N–H and O–H groups in total. The Bertz CT molecular complexity index is 1000. The summed E-state index contributed by atoms with van der Waals surface area (Å²) in [6.07, 6.45) is 6.59. The van der Waals surface area contributed by atoms with Crippen molar-refractivity contribution >= 4 is 15.9 Å². The number of hydrogen-bond acceptors (Lipinski definition) is 2. The van der Waals surface area contributed by atoms with E-state index in [-0.39, 0.29) is 0 Å². The maximum absolute atomic E-state index is 13.1. The molecule has 0 amide bonds. The fourth-order valence-corrected chi connectivity index (χ4v) is 4.25. The highest BCUT2D eigenvalue weighted by Crippen LogP contribution is 2.23. The van der Waals surface area contributed by atoms with Gasteiger partial charge in [-0.3, -0.25) is 0 Å². The van der Waals surface area contributed by atoms with E-state index in [2.05, 4.69) is 0 Å². The minimum absolute atomic E-state index is 0.331. The molecule has 0 fully saturated rings. The van der Waals surface area contributed by atoms with E-state index in [0.29, 0.717) is 22.6 Å². The van der Waals surface area contributed by atoms with Gasteiger partial charge in [0.1, 0.15) is 0 Å². The third-order valence-electron chi connectivity index (χ3n) is 4.27. The average Bonchev–Trinajstić information content (AvgIpc) is 2.72. The van der Waals surface area contributed by atoms with Gasteiger partial charge in [0, 0.05) is 4.91 Å². The first-order valence-corrected chi connectivity index (χ1v) is 10.4. The lowest BCUT2D eigenvalue weighted by atomic mass is 10.1. The topological polar surface area (TPSA) is 34.1 Å². The molecule has 0 atom stereocenters. The first kappa shape index (κ1) is 18.9. The molecular weight excluding hydrogens is 352 g/mol. The van der Waals surface area contributed by atoms with Crippen LogP contribution in [0.5, 0.6) is 0 Å². The lowest BCUT2D eigenvalue weighted by Gasteiger charge is -2.09. The zero-order valence-electron chi connectivity index (χ0n) is 15.0. The molecule has 0 aliphatic carbocycles. The van der Waals surface area contributed by atoms with Gasteiger partial charge in [-0.2, -0.15) is 0 Å². The SMILES string of the molecule is O=S(=O)(/C(=C/C=C/c1ccccc1)CCc1ccccc1)c1ccccc1. The smallest absolute Gasteiger partial charge is 0.202 e. The van der Waals surface area contributed by atoms with Gasteiger partial charge in [0.2, 0.25) is 9.84 Å². The van der Waals surface area contributed by atoms with E-state index in [0.717, 1.165) is 11.1 Å². The summed E-state index contributed by atoms with van der Waals surface area (Å²) < 4.78 is 26.2. The molecule has 3 aromatic rings. The third-order valence-corrected chi connectivity index (χ3v) is 6.20. The summed E-state index contributed by atoms with van der Waals surface area (Å²) in [5.74, 6) is 0. The summed E-state index contributed by atoms with van der Waals surface area (Å²) in [7, 11) is -3.52. The first-order valence-electron chi connectivity index (χ1n) is 8.92. The highest BCUT2D eigenvalue weighted by molar-refractivity contribution is 7.95. The largest absolute Gasteiger partial charge is 0.219 e. The van der Waals surface area contributed by atoms with Crippen LogP contribution in [0.3, 0.4) is 0 Å². The summed E-state index contributed by atoms with van der Waals surface area (Å²) >= 11 is 0. The van der Waals surface area contributed by atoms with Crippen LogP contribution < -0.4 is 0 Å². The minimum atomic E-state index is -3.52. The molecule has 0 aromatic heterocycles. The third kappa shape index (κ3) is 5.28. The molecule has 0 radical (unpaired) electrons. The normalized spacial score (nSPS) is 12.4. The molecule has 136 valence electrons. The van der Waals surface area contributed by atoms with Crippen LogP contribution in [0.25, 0.3) is 6.08 Å². The van der Waals surface area contributed by atoms with E-state index in [1.807, 2.05) is 78.9 Å². The molecule has 0 unspecified atom stereocenters. The lowest BCUT2D eigenvalue weighted by molar-refractivity contribution is 0.600. The Labute approximate surface area is 161 Å². The van der Waals surface area contributed by atoms with E-state index in [9.17, 15) is 8.42 Å². The van der Waals surface area contributed by atoms with Gasteiger partial charge in [-0.05, 0) is 42.2 Å². The van der Waals surface area contributed by atoms with Gasteiger partial charge in [-0.15, -0.1) is 0 Å². The molecule has 27 heavy (non-hydrogen) atoms. The van der Waals surface area contributed by atoms with Crippen LogP contribution in [0, 0.1) is 0 Å². The van der Waals surface area contributed by atoms with Crippen LogP contribution in [0.4, 0.5) is 0 Å². The monoisotopic (exact) mass is 374 g/mol. The summed E-state index contributed by atoms with van der Waals surface area (Å²) in [6, 6.07) is 28.4. The standard InChI is InChI=1S/C24H22O2S/c25-27(26,23-16-8-3-9-17-23)24(20-19-22-13-6-2-7-14-22)18-10-15-21-11-4-1-5-12-21/h1-18H,19-20H2/b15-10+,24-18+. The Kier molecular flexibility index (Phi) is 6.39. The zero-order valence-corrected chi connectivity index (χ0v) is 15.8. The van der Waals surface area contributed by atoms with Crippen molar-refractivity contribution in [1.82, 2.24) is 0 Å². The molecule has 0 saturated carbocycles. The Balaban J connectivity index is 1.88. The minimum Gasteiger partial charge on any atom is -0.219 e. The highest BCUT2D eigenvalue weighted by Gasteiger charge is 2.19. The molecule has 3 rings (SSSR count). The van der Waals surface area contributed by atoms with Crippen LogP contribution in [0.1, 0.15) is 17.5 Å². The number of aryl methyl sites for hydroxylation is 1. The number of hydrogen-bond donors (Lipinski definition) is 0. The fourth-order valence-electron chi connectivity index (χ4n) is 2.80. The second kappa shape index (κ2) is 9.15. The molecule has 0 aliphatic heterocycles. The molecule has 0 aliphatic rings. The molecule has 2 nitrogen and oxygen atoms in total. The molecule has 3 heteroatoms. The quantitative estimate of drug-likeness (QED) is 0.498. The molecule has 3 aromatic carbocycles. The fraction of sp³-hybridized carbons (Fsp3) is 0.0833. The maximum atomic E-state index is 13.1. The van der Waals surface area contributed by atoms with Crippen molar-refractivity contribution in [3.63, 3.8) is 0 Å². The van der Waals surface area contributed by atoms with Crippen LogP contribution in [-0.2, 0) is 16.3 Å². The van der Waals surface area contributed by atoms with E-state index in [4.69, 9.17) is 0 Å². The summed E-state index contributed by atoms with van der Waals surface area (Å²) in [6.45, 7) is 0. The van der Waals surface area contributed by atoms with Gasteiger partial charge in [-0.1, -0.05) is 91.0 Å². The van der Waals surface area contributed by atoms with Crippen LogP contribution in [0.2, 0.25) is 0 Å². The summed E-state index contributed by atoms with van der Waals surface area (Å²) in [5.41, 5.74) is 2.16. The van der Waals surface area contributed by atoms with Crippen molar-refractivity contribution < 1.29 is 8.42 Å². The number of allylic oxidation sites excluding steroid dienone is 3. The molecule has 0 spiro atoms. The van der Waals surface area contributed by atoms with Gasteiger partial charge >= 0.3 is 0 Å². The van der Waals surface area contributed by atoms with E-state index in [1.165, 1.54) is 0 Å². The van der Waals surface area contributed by atoms with Crippen molar-refractivity contribution in [2.24, 2.45) is 0 Å². The van der Waals surface area contributed by atoms with Crippen LogP contribution in [-0.4, -0.2) is 8.42 Å². The van der Waals surface area contributed by atoms with Gasteiger partial charge in [0.25, 0.3) is 0 Å². The van der Waals surface area contributed by atoms with Crippen molar-refractivity contribution in [3.8, 4) is 0 Å². The van der Waals surface area contributed by atoms with Crippen molar-refractivity contribution in [3.05, 3.63) is 119 Å². The van der Waals surface area contributed by atoms with Gasteiger partial charge < -0.3 is 0 Å². The van der Waals surface area contributed by atoms with E-state index in [1.54, 1.807) is 30.3 Å². The van der Waals surface area contributed by atoms with E-state index >= 15 is 0 Å². The molecule has 0 bridgehead atoms. The second-order valence-corrected chi connectivity index (χ2v) is 8.21. The number of benzene rings is 3. The number of sulfone groups is 1. The Morgan fingerprint density at radius 3 is 1.93 bits per heavy atom. The maximum Gasteiger partial charge on any atom is 0.202 e. The first-order chi connectivity index (χ1) is 13.2. The van der Waals surface area contributed by atoms with Gasteiger partial charge in [0.15, 0.2) is 0 Å². The van der Waals surface area contributed by atoms with Crippen molar-refractivity contribution in [2.45, 2.75) is 17.7 Å². The van der Waals surface area contributed by atoms with Crippen molar-refractivity contribution in [1.29, 1.82) is 0 Å².